The molecule has 0 radical (unpaired) electrons. The van der Waals surface area contributed by atoms with E-state index in [1.54, 1.807) is 18.3 Å². The zero-order valence-electron chi connectivity index (χ0n) is 13.9. The summed E-state index contributed by atoms with van der Waals surface area (Å²) in [5, 5.41) is 4.01. The predicted molar refractivity (Wildman–Crippen MR) is 106 cm³/mol. The molecule has 0 fully saturated rings. The lowest BCUT2D eigenvalue weighted by atomic mass is 10.2. The maximum atomic E-state index is 12.5. The number of carbonyl (C=O) groups is 1. The quantitative estimate of drug-likeness (QED) is 0.470. The molecule has 0 unspecified atom stereocenters. The molecule has 0 aliphatic heterocycles. The van der Waals surface area contributed by atoms with Crippen LogP contribution < -0.4 is 10.2 Å². The van der Waals surface area contributed by atoms with Gasteiger partial charge >= 0.3 is 0 Å². The molecule has 3 aromatic rings. The van der Waals surface area contributed by atoms with Crippen LogP contribution in [0.2, 0.25) is 0 Å². The molecule has 0 saturated carbocycles. The van der Waals surface area contributed by atoms with E-state index in [2.05, 4.69) is 26.5 Å². The van der Waals surface area contributed by atoms with Gasteiger partial charge in [-0.15, -0.1) is 0 Å². The summed E-state index contributed by atoms with van der Waals surface area (Å²) in [4.78, 5) is 12.5. The third kappa shape index (κ3) is 5.04. The second-order valence-electron chi connectivity index (χ2n) is 5.52. The lowest BCUT2D eigenvalue weighted by molar-refractivity contribution is 0.0950. The predicted octanol–water partition coefficient (Wildman–Crippen LogP) is 4.79. The lowest BCUT2D eigenvalue weighted by Crippen LogP contribution is -2.18. The van der Waals surface area contributed by atoms with Crippen molar-refractivity contribution in [2.45, 2.75) is 6.61 Å². The van der Waals surface area contributed by atoms with Gasteiger partial charge in [-0.1, -0.05) is 76.6 Å². The van der Waals surface area contributed by atoms with Crippen molar-refractivity contribution < 1.29 is 9.53 Å². The van der Waals surface area contributed by atoms with Crippen LogP contribution in [0.25, 0.3) is 0 Å². The van der Waals surface area contributed by atoms with E-state index in [9.17, 15) is 4.79 Å². The van der Waals surface area contributed by atoms with Gasteiger partial charge in [0.15, 0.2) is 0 Å². The van der Waals surface area contributed by atoms with Crippen LogP contribution >= 0.6 is 15.9 Å². The van der Waals surface area contributed by atoms with Crippen LogP contribution in [0.15, 0.2) is 88.4 Å². The van der Waals surface area contributed by atoms with Gasteiger partial charge in [0.25, 0.3) is 5.91 Å². The largest absolute Gasteiger partial charge is 0.488 e. The monoisotopic (exact) mass is 408 g/mol. The van der Waals surface area contributed by atoms with Gasteiger partial charge in [-0.05, 0) is 29.3 Å². The summed E-state index contributed by atoms with van der Waals surface area (Å²) < 4.78 is 6.62. The Balaban J connectivity index is 1.70. The van der Waals surface area contributed by atoms with Crippen molar-refractivity contribution in [1.29, 1.82) is 0 Å². The normalized spacial score (nSPS) is 10.7. The number of hydrazone groups is 1. The fourth-order valence-corrected chi connectivity index (χ4v) is 2.67. The Morgan fingerprint density at radius 1 is 1.00 bits per heavy atom. The molecule has 0 aliphatic carbocycles. The van der Waals surface area contributed by atoms with Crippen molar-refractivity contribution in [2.75, 3.05) is 0 Å². The molecule has 0 aliphatic rings. The third-order valence-corrected chi connectivity index (χ3v) is 4.10. The van der Waals surface area contributed by atoms with Crippen LogP contribution in [0.1, 0.15) is 21.5 Å². The minimum atomic E-state index is -0.332. The van der Waals surface area contributed by atoms with E-state index < -0.39 is 0 Å². The van der Waals surface area contributed by atoms with Crippen molar-refractivity contribution in [3.8, 4) is 5.75 Å². The molecule has 0 heterocycles. The number of rotatable bonds is 6. The minimum Gasteiger partial charge on any atom is -0.488 e. The van der Waals surface area contributed by atoms with Crippen molar-refractivity contribution in [2.24, 2.45) is 5.10 Å². The third-order valence-electron chi connectivity index (χ3n) is 3.60. The first kappa shape index (κ1) is 17.9. The molecule has 3 aromatic carbocycles. The minimum absolute atomic E-state index is 0.332. The number of nitrogens with zero attached hydrogens (tertiary/aromatic N) is 1. The summed E-state index contributed by atoms with van der Waals surface area (Å²) >= 11 is 3.39. The van der Waals surface area contributed by atoms with Gasteiger partial charge in [0.2, 0.25) is 0 Å². The summed E-state index contributed by atoms with van der Waals surface area (Å²) in [7, 11) is 0. The molecule has 0 aromatic heterocycles. The highest BCUT2D eigenvalue weighted by molar-refractivity contribution is 9.10. The van der Waals surface area contributed by atoms with Crippen molar-refractivity contribution in [1.82, 2.24) is 5.43 Å². The van der Waals surface area contributed by atoms with Crippen molar-refractivity contribution in [3.63, 3.8) is 0 Å². The highest BCUT2D eigenvalue weighted by Crippen LogP contribution is 2.24. The number of carbonyl (C=O) groups excluding carboxylic acids is 1. The molecule has 1 amide bonds. The molecule has 26 heavy (non-hydrogen) atoms. The fraction of sp³-hybridized carbons (Fsp3) is 0.0476. The van der Waals surface area contributed by atoms with E-state index in [4.69, 9.17) is 4.74 Å². The van der Waals surface area contributed by atoms with Gasteiger partial charge in [0.05, 0.1) is 11.8 Å². The Bertz CT molecular complexity index is 896. The van der Waals surface area contributed by atoms with Gasteiger partial charge in [0, 0.05) is 4.47 Å². The van der Waals surface area contributed by atoms with E-state index in [-0.39, 0.29) is 5.91 Å². The number of benzene rings is 3. The van der Waals surface area contributed by atoms with Crippen molar-refractivity contribution in [3.05, 3.63) is 100 Å². The number of ether oxygens (including phenoxy) is 1. The smallest absolute Gasteiger partial charge is 0.275 e. The first-order valence-electron chi connectivity index (χ1n) is 8.07. The molecular weight excluding hydrogens is 392 g/mol. The SMILES string of the molecule is O=C(NN=Cc1ccccc1)c1cc(Br)ccc1OCc1ccccc1. The molecule has 0 spiro atoms. The first-order chi connectivity index (χ1) is 12.7. The lowest BCUT2D eigenvalue weighted by Gasteiger charge is -2.11. The number of amides is 1. The topological polar surface area (TPSA) is 50.7 Å². The number of hydrogen-bond acceptors (Lipinski definition) is 3. The number of hydrogen-bond donors (Lipinski definition) is 1. The van der Waals surface area contributed by atoms with Gasteiger partial charge in [0.1, 0.15) is 12.4 Å². The summed E-state index contributed by atoms with van der Waals surface area (Å²) in [5.41, 5.74) is 4.90. The van der Waals surface area contributed by atoms with Crippen LogP contribution in [0.4, 0.5) is 0 Å². The van der Waals surface area contributed by atoms with E-state index in [0.717, 1.165) is 15.6 Å². The molecular formula is C21H17BrN2O2. The second kappa shape index (κ2) is 8.97. The van der Waals surface area contributed by atoms with Gasteiger partial charge in [-0.25, -0.2) is 5.43 Å². The number of nitrogens with one attached hydrogen (secondary N) is 1. The average molecular weight is 409 g/mol. The van der Waals surface area contributed by atoms with Crippen molar-refractivity contribution >= 4 is 28.1 Å². The Hall–Kier alpha value is -2.92. The van der Waals surface area contributed by atoms with E-state index in [0.29, 0.717) is 17.9 Å². The van der Waals surface area contributed by atoms with E-state index >= 15 is 0 Å². The van der Waals surface area contributed by atoms with Crippen LogP contribution in [0.5, 0.6) is 5.75 Å². The molecule has 0 atom stereocenters. The summed E-state index contributed by atoms with van der Waals surface area (Å²) in [6.45, 7) is 0.385. The summed E-state index contributed by atoms with van der Waals surface area (Å²) in [5.74, 6) is 0.172. The van der Waals surface area contributed by atoms with Crippen LogP contribution in [-0.2, 0) is 6.61 Å². The van der Waals surface area contributed by atoms with E-state index in [1.807, 2.05) is 66.7 Å². The fourth-order valence-electron chi connectivity index (χ4n) is 2.31. The molecule has 5 heteroatoms. The molecule has 4 nitrogen and oxygen atoms in total. The highest BCUT2D eigenvalue weighted by Gasteiger charge is 2.13. The second-order valence-corrected chi connectivity index (χ2v) is 6.44. The zero-order chi connectivity index (χ0) is 18.2. The molecule has 3 rings (SSSR count). The zero-order valence-corrected chi connectivity index (χ0v) is 15.5. The molecule has 0 saturated heterocycles. The Labute approximate surface area is 160 Å². The standard InChI is InChI=1S/C21H17BrN2O2/c22-18-11-12-20(26-15-17-9-5-2-6-10-17)19(13-18)21(25)24-23-14-16-7-3-1-4-8-16/h1-14H,15H2,(H,24,25). The first-order valence-corrected chi connectivity index (χ1v) is 8.86. The van der Waals surface area contributed by atoms with Crippen LogP contribution in [0.3, 0.4) is 0 Å². The van der Waals surface area contributed by atoms with Crippen LogP contribution in [0, 0.1) is 0 Å². The van der Waals surface area contributed by atoms with E-state index in [1.165, 1.54) is 0 Å². The van der Waals surface area contributed by atoms with Gasteiger partial charge in [-0.3, -0.25) is 4.79 Å². The average Bonchev–Trinajstić information content (AvgIpc) is 2.68. The molecule has 130 valence electrons. The Morgan fingerprint density at radius 3 is 2.42 bits per heavy atom. The molecule has 1 N–H and O–H groups in total. The Morgan fingerprint density at radius 2 is 1.69 bits per heavy atom. The molecule has 0 bridgehead atoms. The summed E-state index contributed by atoms with van der Waals surface area (Å²) in [6.07, 6.45) is 1.60. The van der Waals surface area contributed by atoms with Gasteiger partial charge < -0.3 is 4.74 Å². The van der Waals surface area contributed by atoms with Crippen LogP contribution in [-0.4, -0.2) is 12.1 Å². The maximum absolute atomic E-state index is 12.5. The maximum Gasteiger partial charge on any atom is 0.275 e. The number of halogens is 1. The van der Waals surface area contributed by atoms with Gasteiger partial charge in [-0.2, -0.15) is 5.10 Å². The Kier molecular flexibility index (Phi) is 6.17. The summed E-state index contributed by atoms with van der Waals surface area (Å²) in [6, 6.07) is 24.7. The highest BCUT2D eigenvalue weighted by atomic mass is 79.9.